The highest BCUT2D eigenvalue weighted by Gasteiger charge is 2.38. The van der Waals surface area contributed by atoms with E-state index < -0.39 is 12.3 Å². The molecule has 2 unspecified atom stereocenters. The zero-order valence-corrected chi connectivity index (χ0v) is 9.69. The predicted octanol–water partition coefficient (Wildman–Crippen LogP) is 2.73. The minimum Gasteiger partial charge on any atom is -0.365 e. The highest BCUT2D eigenvalue weighted by atomic mass is 19.4. The lowest BCUT2D eigenvalue weighted by Gasteiger charge is -2.24. The SMILES string of the molecule is CCC(CNC(C)C)OC(C)C(F)(F)F. The molecule has 0 fully saturated rings. The molecule has 0 rings (SSSR count). The Hall–Kier alpha value is -0.290. The number of nitrogens with one attached hydrogen (secondary N) is 1. The first kappa shape index (κ1) is 14.7. The van der Waals surface area contributed by atoms with Crippen LogP contribution in [0.15, 0.2) is 0 Å². The van der Waals surface area contributed by atoms with E-state index in [1.165, 1.54) is 0 Å². The summed E-state index contributed by atoms with van der Waals surface area (Å²) in [6.07, 6.45) is -5.79. The van der Waals surface area contributed by atoms with Crippen LogP contribution in [0.1, 0.15) is 34.1 Å². The molecule has 0 aromatic rings. The van der Waals surface area contributed by atoms with Crippen LogP contribution in [-0.4, -0.2) is 31.0 Å². The summed E-state index contributed by atoms with van der Waals surface area (Å²) in [6.45, 7) is 7.20. The van der Waals surface area contributed by atoms with Gasteiger partial charge in [0.05, 0.1) is 6.10 Å². The molecule has 0 radical (unpaired) electrons. The zero-order valence-electron chi connectivity index (χ0n) is 9.69. The predicted molar refractivity (Wildman–Crippen MR) is 53.8 cm³/mol. The maximum atomic E-state index is 12.2. The van der Waals surface area contributed by atoms with E-state index in [0.29, 0.717) is 13.0 Å². The maximum Gasteiger partial charge on any atom is 0.414 e. The summed E-state index contributed by atoms with van der Waals surface area (Å²) in [4.78, 5) is 0. The largest absolute Gasteiger partial charge is 0.414 e. The standard InChI is InChI=1S/C10H20F3NO/c1-5-9(6-14-7(2)3)15-8(4)10(11,12)13/h7-9,14H,5-6H2,1-4H3. The van der Waals surface area contributed by atoms with Gasteiger partial charge in [0, 0.05) is 12.6 Å². The van der Waals surface area contributed by atoms with Crippen LogP contribution in [0.25, 0.3) is 0 Å². The topological polar surface area (TPSA) is 21.3 Å². The third-order valence-corrected chi connectivity index (χ3v) is 2.07. The maximum absolute atomic E-state index is 12.2. The van der Waals surface area contributed by atoms with E-state index in [9.17, 15) is 13.2 Å². The molecule has 0 aliphatic rings. The third-order valence-electron chi connectivity index (χ3n) is 2.07. The summed E-state index contributed by atoms with van der Waals surface area (Å²) in [5.74, 6) is 0. The fourth-order valence-electron chi connectivity index (χ4n) is 1.02. The lowest BCUT2D eigenvalue weighted by molar-refractivity contribution is -0.226. The van der Waals surface area contributed by atoms with E-state index in [4.69, 9.17) is 4.74 Å². The minimum absolute atomic E-state index is 0.254. The Morgan fingerprint density at radius 1 is 1.20 bits per heavy atom. The summed E-state index contributed by atoms with van der Waals surface area (Å²) in [5.41, 5.74) is 0. The Kier molecular flexibility index (Phi) is 6.20. The van der Waals surface area contributed by atoms with Gasteiger partial charge in [-0.3, -0.25) is 0 Å². The van der Waals surface area contributed by atoms with Crippen LogP contribution in [0.4, 0.5) is 13.2 Å². The minimum atomic E-state index is -4.27. The van der Waals surface area contributed by atoms with Crippen molar-refractivity contribution in [3.63, 3.8) is 0 Å². The molecule has 0 aromatic heterocycles. The van der Waals surface area contributed by atoms with Gasteiger partial charge in [0.15, 0.2) is 6.10 Å². The van der Waals surface area contributed by atoms with E-state index in [1.54, 1.807) is 0 Å². The molecule has 0 amide bonds. The molecule has 0 spiro atoms. The molecule has 1 N–H and O–H groups in total. The van der Waals surface area contributed by atoms with E-state index in [0.717, 1.165) is 6.92 Å². The highest BCUT2D eigenvalue weighted by Crippen LogP contribution is 2.23. The number of rotatable bonds is 6. The molecule has 0 saturated heterocycles. The van der Waals surface area contributed by atoms with Gasteiger partial charge < -0.3 is 10.1 Å². The van der Waals surface area contributed by atoms with Gasteiger partial charge in [-0.2, -0.15) is 13.2 Å². The molecule has 0 aromatic carbocycles. The fraction of sp³-hybridized carbons (Fsp3) is 1.00. The molecule has 0 heterocycles. The summed E-state index contributed by atoms with van der Waals surface area (Å²) >= 11 is 0. The van der Waals surface area contributed by atoms with Crippen LogP contribution in [-0.2, 0) is 4.74 Å². The van der Waals surface area contributed by atoms with Crippen molar-refractivity contribution in [2.75, 3.05) is 6.54 Å². The molecule has 92 valence electrons. The molecular formula is C10H20F3NO. The molecular weight excluding hydrogens is 207 g/mol. The van der Waals surface area contributed by atoms with Gasteiger partial charge in [-0.1, -0.05) is 20.8 Å². The average molecular weight is 227 g/mol. The Balaban J connectivity index is 3.99. The number of ether oxygens (including phenoxy) is 1. The fourth-order valence-corrected chi connectivity index (χ4v) is 1.02. The molecule has 0 aliphatic heterocycles. The lowest BCUT2D eigenvalue weighted by atomic mass is 10.2. The van der Waals surface area contributed by atoms with Crippen LogP contribution in [0, 0.1) is 0 Å². The number of hydrogen-bond acceptors (Lipinski definition) is 2. The van der Waals surface area contributed by atoms with Crippen LogP contribution in [0.2, 0.25) is 0 Å². The molecule has 0 bridgehead atoms. The van der Waals surface area contributed by atoms with Crippen molar-refractivity contribution in [1.82, 2.24) is 5.32 Å². The normalized spacial score (nSPS) is 16.8. The van der Waals surface area contributed by atoms with Gasteiger partial charge in [-0.15, -0.1) is 0 Å². The second kappa shape index (κ2) is 6.33. The van der Waals surface area contributed by atoms with Crippen LogP contribution < -0.4 is 5.32 Å². The molecule has 2 atom stereocenters. The molecule has 0 saturated carbocycles. The quantitative estimate of drug-likeness (QED) is 0.753. The van der Waals surface area contributed by atoms with E-state index in [-0.39, 0.29) is 12.1 Å². The van der Waals surface area contributed by atoms with E-state index in [2.05, 4.69) is 5.32 Å². The Labute approximate surface area is 89.2 Å². The summed E-state index contributed by atoms with van der Waals surface area (Å²) in [5, 5.41) is 3.06. The molecule has 0 aliphatic carbocycles. The monoisotopic (exact) mass is 227 g/mol. The molecule has 5 heteroatoms. The lowest BCUT2D eigenvalue weighted by Crippen LogP contribution is -2.39. The number of halogens is 3. The van der Waals surface area contributed by atoms with E-state index >= 15 is 0 Å². The first-order valence-electron chi connectivity index (χ1n) is 5.22. The second-order valence-electron chi connectivity index (χ2n) is 3.91. The third kappa shape index (κ3) is 6.73. The molecule has 2 nitrogen and oxygen atoms in total. The van der Waals surface area contributed by atoms with Crippen molar-refractivity contribution in [3.05, 3.63) is 0 Å². The van der Waals surface area contributed by atoms with E-state index in [1.807, 2.05) is 20.8 Å². The Morgan fingerprint density at radius 2 is 1.73 bits per heavy atom. The van der Waals surface area contributed by atoms with Crippen molar-refractivity contribution >= 4 is 0 Å². The van der Waals surface area contributed by atoms with Gasteiger partial charge in [0.25, 0.3) is 0 Å². The van der Waals surface area contributed by atoms with Crippen molar-refractivity contribution < 1.29 is 17.9 Å². The number of hydrogen-bond donors (Lipinski definition) is 1. The summed E-state index contributed by atoms with van der Waals surface area (Å²) in [7, 11) is 0. The van der Waals surface area contributed by atoms with Gasteiger partial charge in [-0.05, 0) is 13.3 Å². The van der Waals surface area contributed by atoms with Crippen molar-refractivity contribution in [2.45, 2.75) is 58.5 Å². The Bertz CT molecular complexity index is 171. The van der Waals surface area contributed by atoms with Crippen molar-refractivity contribution in [1.29, 1.82) is 0 Å². The van der Waals surface area contributed by atoms with Crippen LogP contribution in [0.5, 0.6) is 0 Å². The van der Waals surface area contributed by atoms with Gasteiger partial charge in [0.2, 0.25) is 0 Å². The van der Waals surface area contributed by atoms with Crippen LogP contribution in [0.3, 0.4) is 0 Å². The zero-order chi connectivity index (χ0) is 12.1. The highest BCUT2D eigenvalue weighted by molar-refractivity contribution is 4.68. The smallest absolute Gasteiger partial charge is 0.365 e. The Morgan fingerprint density at radius 3 is 2.07 bits per heavy atom. The summed E-state index contributed by atoms with van der Waals surface area (Å²) in [6, 6.07) is 0.254. The molecule has 15 heavy (non-hydrogen) atoms. The van der Waals surface area contributed by atoms with Gasteiger partial charge >= 0.3 is 6.18 Å². The van der Waals surface area contributed by atoms with Crippen molar-refractivity contribution in [3.8, 4) is 0 Å². The van der Waals surface area contributed by atoms with Gasteiger partial charge in [0.1, 0.15) is 0 Å². The number of alkyl halides is 3. The van der Waals surface area contributed by atoms with Gasteiger partial charge in [-0.25, -0.2) is 0 Å². The van der Waals surface area contributed by atoms with Crippen molar-refractivity contribution in [2.24, 2.45) is 0 Å². The first-order valence-corrected chi connectivity index (χ1v) is 5.22. The second-order valence-corrected chi connectivity index (χ2v) is 3.91. The van der Waals surface area contributed by atoms with Crippen LogP contribution >= 0.6 is 0 Å². The first-order chi connectivity index (χ1) is 6.77. The average Bonchev–Trinajstić information content (AvgIpc) is 2.09. The summed E-state index contributed by atoms with van der Waals surface area (Å²) < 4.78 is 41.5.